The first-order valence-electron chi connectivity index (χ1n) is 7.99. The lowest BCUT2D eigenvalue weighted by atomic mass is 10.1. The van der Waals surface area contributed by atoms with Crippen LogP contribution in [0.1, 0.15) is 5.56 Å². The standard InChI is InChI=1S/C21H15BrN2S/c22-17-10-6-7-15(13-17)14-25-21-19-12-5-4-11-18(19)20(23-24-21)16-8-2-1-3-9-16/h1-13H,14H2. The van der Waals surface area contributed by atoms with Crippen LogP contribution in [-0.2, 0) is 5.75 Å². The molecule has 25 heavy (non-hydrogen) atoms. The lowest BCUT2D eigenvalue weighted by Crippen LogP contribution is -1.94. The lowest BCUT2D eigenvalue weighted by molar-refractivity contribution is 0.961. The van der Waals surface area contributed by atoms with Gasteiger partial charge in [0.15, 0.2) is 0 Å². The Kier molecular flexibility index (Phi) is 4.81. The maximum atomic E-state index is 4.53. The van der Waals surface area contributed by atoms with E-state index < -0.39 is 0 Å². The molecule has 4 aromatic rings. The number of thioether (sulfide) groups is 1. The molecule has 0 aliphatic rings. The van der Waals surface area contributed by atoms with Crippen LogP contribution in [0, 0.1) is 0 Å². The highest BCUT2D eigenvalue weighted by Crippen LogP contribution is 2.33. The largest absolute Gasteiger partial charge is 0.149 e. The van der Waals surface area contributed by atoms with E-state index in [-0.39, 0.29) is 0 Å². The fourth-order valence-electron chi connectivity index (χ4n) is 2.77. The van der Waals surface area contributed by atoms with Gasteiger partial charge in [-0.05, 0) is 17.7 Å². The lowest BCUT2D eigenvalue weighted by Gasteiger charge is -2.09. The molecule has 122 valence electrons. The minimum absolute atomic E-state index is 0.864. The molecule has 0 aliphatic carbocycles. The van der Waals surface area contributed by atoms with Gasteiger partial charge in [0.2, 0.25) is 0 Å². The summed E-state index contributed by atoms with van der Waals surface area (Å²) in [6.45, 7) is 0. The summed E-state index contributed by atoms with van der Waals surface area (Å²) >= 11 is 5.25. The van der Waals surface area contributed by atoms with E-state index in [1.165, 1.54) is 5.56 Å². The van der Waals surface area contributed by atoms with Gasteiger partial charge >= 0.3 is 0 Å². The van der Waals surface area contributed by atoms with E-state index in [2.05, 4.69) is 80.7 Å². The van der Waals surface area contributed by atoms with Crippen LogP contribution in [0.3, 0.4) is 0 Å². The van der Waals surface area contributed by atoms with Crippen molar-refractivity contribution in [3.8, 4) is 11.3 Å². The molecule has 0 saturated carbocycles. The number of hydrogen-bond donors (Lipinski definition) is 0. The third-order valence-electron chi connectivity index (χ3n) is 3.97. The van der Waals surface area contributed by atoms with Crippen LogP contribution in [0.2, 0.25) is 0 Å². The van der Waals surface area contributed by atoms with Crippen molar-refractivity contribution in [2.75, 3.05) is 0 Å². The molecule has 3 aromatic carbocycles. The number of halogens is 1. The van der Waals surface area contributed by atoms with Crippen molar-refractivity contribution in [2.24, 2.45) is 0 Å². The van der Waals surface area contributed by atoms with Gasteiger partial charge in [0, 0.05) is 26.6 Å². The SMILES string of the molecule is Brc1cccc(CSc2nnc(-c3ccccc3)c3ccccc23)c1. The molecule has 1 aromatic heterocycles. The summed E-state index contributed by atoms with van der Waals surface area (Å²) < 4.78 is 1.10. The number of rotatable bonds is 4. The summed E-state index contributed by atoms with van der Waals surface area (Å²) in [6.07, 6.45) is 0. The van der Waals surface area contributed by atoms with Crippen molar-refractivity contribution in [3.63, 3.8) is 0 Å². The Morgan fingerprint density at radius 1 is 0.760 bits per heavy atom. The second-order valence-electron chi connectivity index (χ2n) is 5.68. The van der Waals surface area contributed by atoms with Crippen LogP contribution in [0.5, 0.6) is 0 Å². The maximum Gasteiger partial charge on any atom is 0.127 e. The zero-order valence-electron chi connectivity index (χ0n) is 13.4. The summed E-state index contributed by atoms with van der Waals surface area (Å²) in [6, 6.07) is 26.9. The Bertz CT molecular complexity index is 1020. The number of benzene rings is 3. The maximum absolute atomic E-state index is 4.53. The van der Waals surface area contributed by atoms with Gasteiger partial charge in [0.1, 0.15) is 10.7 Å². The van der Waals surface area contributed by atoms with Crippen LogP contribution >= 0.6 is 27.7 Å². The van der Waals surface area contributed by atoms with E-state index in [0.717, 1.165) is 37.3 Å². The predicted octanol–water partition coefficient (Wildman–Crippen LogP) is 6.35. The van der Waals surface area contributed by atoms with Gasteiger partial charge in [0.05, 0.1) is 0 Å². The van der Waals surface area contributed by atoms with Crippen LogP contribution in [0.4, 0.5) is 0 Å². The number of hydrogen-bond acceptors (Lipinski definition) is 3. The van der Waals surface area contributed by atoms with Crippen LogP contribution in [0.15, 0.2) is 88.4 Å². The minimum atomic E-state index is 0.864. The highest BCUT2D eigenvalue weighted by molar-refractivity contribution is 9.10. The van der Waals surface area contributed by atoms with E-state index in [0.29, 0.717) is 0 Å². The van der Waals surface area contributed by atoms with Gasteiger partial charge in [-0.3, -0.25) is 0 Å². The molecule has 0 atom stereocenters. The molecule has 4 heteroatoms. The first-order valence-corrected chi connectivity index (χ1v) is 9.77. The molecule has 0 N–H and O–H groups in total. The second kappa shape index (κ2) is 7.38. The second-order valence-corrected chi connectivity index (χ2v) is 7.56. The summed E-state index contributed by atoms with van der Waals surface area (Å²) in [5, 5.41) is 12.3. The Labute approximate surface area is 159 Å². The third-order valence-corrected chi connectivity index (χ3v) is 5.51. The molecular weight excluding hydrogens is 392 g/mol. The quantitative estimate of drug-likeness (QED) is 0.369. The van der Waals surface area contributed by atoms with Crippen molar-refractivity contribution in [3.05, 3.63) is 88.9 Å². The molecule has 0 amide bonds. The van der Waals surface area contributed by atoms with E-state index >= 15 is 0 Å². The minimum Gasteiger partial charge on any atom is -0.149 e. The van der Waals surface area contributed by atoms with Gasteiger partial charge in [-0.1, -0.05) is 94.4 Å². The van der Waals surface area contributed by atoms with E-state index in [9.17, 15) is 0 Å². The van der Waals surface area contributed by atoms with Gasteiger partial charge in [-0.25, -0.2) is 0 Å². The van der Waals surface area contributed by atoms with Gasteiger partial charge in [0.25, 0.3) is 0 Å². The van der Waals surface area contributed by atoms with Crippen LogP contribution in [-0.4, -0.2) is 10.2 Å². The molecule has 4 rings (SSSR count). The first kappa shape index (κ1) is 16.3. The topological polar surface area (TPSA) is 25.8 Å². The Hall–Kier alpha value is -2.17. The normalized spacial score (nSPS) is 10.9. The molecule has 0 bridgehead atoms. The predicted molar refractivity (Wildman–Crippen MR) is 109 cm³/mol. The van der Waals surface area contributed by atoms with Crippen LogP contribution in [0.25, 0.3) is 22.0 Å². The number of nitrogens with zero attached hydrogens (tertiary/aromatic N) is 2. The van der Waals surface area contributed by atoms with Crippen molar-refractivity contribution < 1.29 is 0 Å². The molecule has 0 radical (unpaired) electrons. The summed E-state index contributed by atoms with van der Waals surface area (Å²) in [5.41, 5.74) is 3.29. The summed E-state index contributed by atoms with van der Waals surface area (Å²) in [7, 11) is 0. The Balaban J connectivity index is 1.71. The smallest absolute Gasteiger partial charge is 0.127 e. The third kappa shape index (κ3) is 3.60. The number of aromatic nitrogens is 2. The Morgan fingerprint density at radius 3 is 2.32 bits per heavy atom. The molecule has 0 fully saturated rings. The zero-order chi connectivity index (χ0) is 17.1. The van der Waals surface area contributed by atoms with Crippen molar-refractivity contribution in [1.29, 1.82) is 0 Å². The van der Waals surface area contributed by atoms with E-state index in [1.807, 2.05) is 24.3 Å². The van der Waals surface area contributed by atoms with Gasteiger partial charge in [-0.2, -0.15) is 0 Å². The monoisotopic (exact) mass is 406 g/mol. The molecule has 0 saturated heterocycles. The highest BCUT2D eigenvalue weighted by Gasteiger charge is 2.11. The summed E-state index contributed by atoms with van der Waals surface area (Å²) in [4.78, 5) is 0. The van der Waals surface area contributed by atoms with Crippen molar-refractivity contribution in [1.82, 2.24) is 10.2 Å². The average Bonchev–Trinajstić information content (AvgIpc) is 2.67. The molecule has 1 heterocycles. The fourth-order valence-corrected chi connectivity index (χ4v) is 4.14. The molecule has 2 nitrogen and oxygen atoms in total. The molecule has 0 aliphatic heterocycles. The molecular formula is C21H15BrN2S. The molecule has 0 spiro atoms. The van der Waals surface area contributed by atoms with Gasteiger partial charge in [-0.15, -0.1) is 10.2 Å². The van der Waals surface area contributed by atoms with Crippen molar-refractivity contribution in [2.45, 2.75) is 10.8 Å². The van der Waals surface area contributed by atoms with Gasteiger partial charge < -0.3 is 0 Å². The van der Waals surface area contributed by atoms with Crippen molar-refractivity contribution >= 4 is 38.5 Å². The average molecular weight is 407 g/mol. The fraction of sp³-hybridized carbons (Fsp3) is 0.0476. The number of fused-ring (bicyclic) bond motifs is 1. The van der Waals surface area contributed by atoms with E-state index in [4.69, 9.17) is 0 Å². The summed E-state index contributed by atoms with van der Waals surface area (Å²) in [5.74, 6) is 0.864. The highest BCUT2D eigenvalue weighted by atomic mass is 79.9. The van der Waals surface area contributed by atoms with Crippen LogP contribution < -0.4 is 0 Å². The Morgan fingerprint density at radius 2 is 1.52 bits per heavy atom. The first-order chi connectivity index (χ1) is 12.3. The van der Waals surface area contributed by atoms with E-state index in [1.54, 1.807) is 11.8 Å². The molecule has 0 unspecified atom stereocenters. The zero-order valence-corrected chi connectivity index (χ0v) is 15.8.